The molecule has 0 radical (unpaired) electrons. The molecule has 0 amide bonds. The van der Waals surface area contributed by atoms with E-state index in [1.54, 1.807) is 0 Å². The third-order valence-corrected chi connectivity index (χ3v) is 2.93. The van der Waals surface area contributed by atoms with Gasteiger partial charge in [-0.25, -0.2) is 4.98 Å². The van der Waals surface area contributed by atoms with Gasteiger partial charge in [0.1, 0.15) is 5.03 Å². The average molecular weight is 293 g/mol. The summed E-state index contributed by atoms with van der Waals surface area (Å²) in [5, 5.41) is 0.374. The second kappa shape index (κ2) is 6.54. The summed E-state index contributed by atoms with van der Waals surface area (Å²) >= 11 is 6.88. The van der Waals surface area contributed by atoms with E-state index in [0.29, 0.717) is 17.3 Å². The Hall–Kier alpha value is -0.170. The number of pyridine rings is 1. The number of hydrogen-bond donors (Lipinski definition) is 1. The maximum Gasteiger partial charge on any atom is 0.417 e. The molecule has 1 rings (SSSR count). The minimum absolute atomic E-state index is 0. The second-order valence-electron chi connectivity index (χ2n) is 2.65. The van der Waals surface area contributed by atoms with Gasteiger partial charge in [-0.1, -0.05) is 11.6 Å². The molecular formula is C8H9Cl2F3N2S. The van der Waals surface area contributed by atoms with E-state index in [9.17, 15) is 13.2 Å². The zero-order valence-electron chi connectivity index (χ0n) is 7.92. The van der Waals surface area contributed by atoms with Crippen molar-refractivity contribution in [2.45, 2.75) is 11.2 Å². The van der Waals surface area contributed by atoms with Crippen molar-refractivity contribution in [2.24, 2.45) is 5.73 Å². The minimum Gasteiger partial charge on any atom is -0.330 e. The van der Waals surface area contributed by atoms with Crippen LogP contribution >= 0.6 is 35.8 Å². The van der Waals surface area contributed by atoms with Crippen molar-refractivity contribution in [1.82, 2.24) is 4.98 Å². The molecule has 8 heteroatoms. The van der Waals surface area contributed by atoms with E-state index < -0.39 is 11.7 Å². The number of alkyl halides is 3. The number of halogens is 5. The Morgan fingerprint density at radius 2 is 2.06 bits per heavy atom. The Balaban J connectivity index is 0.00000225. The van der Waals surface area contributed by atoms with Crippen LogP contribution in [-0.2, 0) is 6.18 Å². The molecule has 92 valence electrons. The summed E-state index contributed by atoms with van der Waals surface area (Å²) in [6.07, 6.45) is -3.64. The van der Waals surface area contributed by atoms with Gasteiger partial charge in [0.05, 0.1) is 10.6 Å². The van der Waals surface area contributed by atoms with Crippen molar-refractivity contribution < 1.29 is 13.2 Å². The maximum atomic E-state index is 12.2. The van der Waals surface area contributed by atoms with Crippen molar-refractivity contribution in [3.63, 3.8) is 0 Å². The Labute approximate surface area is 106 Å². The van der Waals surface area contributed by atoms with Crippen LogP contribution in [0.4, 0.5) is 13.2 Å². The zero-order valence-corrected chi connectivity index (χ0v) is 10.3. The molecule has 0 fully saturated rings. The normalized spacial score (nSPS) is 11.1. The van der Waals surface area contributed by atoms with Crippen LogP contribution in [0, 0.1) is 0 Å². The molecule has 2 N–H and O–H groups in total. The van der Waals surface area contributed by atoms with E-state index in [-0.39, 0.29) is 17.4 Å². The first-order chi connectivity index (χ1) is 6.95. The molecule has 0 bridgehead atoms. The van der Waals surface area contributed by atoms with Crippen molar-refractivity contribution in [2.75, 3.05) is 12.3 Å². The number of hydrogen-bond acceptors (Lipinski definition) is 3. The van der Waals surface area contributed by atoms with Crippen LogP contribution in [0.2, 0.25) is 5.02 Å². The molecule has 0 aliphatic heterocycles. The van der Waals surface area contributed by atoms with E-state index in [2.05, 4.69) is 4.98 Å². The summed E-state index contributed by atoms with van der Waals surface area (Å²) in [5.41, 5.74) is 4.41. The molecule has 0 aliphatic carbocycles. The van der Waals surface area contributed by atoms with Gasteiger partial charge in [0.15, 0.2) is 0 Å². The molecule has 0 saturated heterocycles. The molecule has 0 spiro atoms. The van der Waals surface area contributed by atoms with Crippen LogP contribution in [0.25, 0.3) is 0 Å². The van der Waals surface area contributed by atoms with Crippen LogP contribution in [0.3, 0.4) is 0 Å². The first-order valence-electron chi connectivity index (χ1n) is 4.00. The highest BCUT2D eigenvalue weighted by Crippen LogP contribution is 2.33. The fraction of sp³-hybridized carbons (Fsp3) is 0.375. The maximum absolute atomic E-state index is 12.2. The topological polar surface area (TPSA) is 38.9 Å². The molecular weight excluding hydrogens is 284 g/mol. The molecule has 1 aromatic rings. The van der Waals surface area contributed by atoms with Crippen LogP contribution in [0.15, 0.2) is 17.3 Å². The van der Waals surface area contributed by atoms with E-state index in [1.807, 2.05) is 0 Å². The standard InChI is InChI=1S/C8H8ClF3N2S.ClH/c9-6-3-5(8(10,11)12)4-14-7(6)15-2-1-13;/h3-4H,1-2,13H2;1H. The van der Waals surface area contributed by atoms with Crippen LogP contribution in [-0.4, -0.2) is 17.3 Å². The molecule has 0 atom stereocenters. The van der Waals surface area contributed by atoms with Crippen LogP contribution in [0.5, 0.6) is 0 Å². The molecule has 0 saturated carbocycles. The SMILES string of the molecule is Cl.NCCSc1ncc(C(F)(F)F)cc1Cl. The third kappa shape index (κ3) is 4.37. The Bertz CT molecular complexity index is 347. The van der Waals surface area contributed by atoms with Crippen molar-refractivity contribution in [3.8, 4) is 0 Å². The van der Waals surface area contributed by atoms with Gasteiger partial charge in [0.2, 0.25) is 0 Å². The lowest BCUT2D eigenvalue weighted by atomic mass is 10.3. The van der Waals surface area contributed by atoms with Gasteiger partial charge >= 0.3 is 6.18 Å². The fourth-order valence-corrected chi connectivity index (χ4v) is 1.81. The number of aromatic nitrogens is 1. The lowest BCUT2D eigenvalue weighted by Crippen LogP contribution is -2.06. The van der Waals surface area contributed by atoms with E-state index in [4.69, 9.17) is 17.3 Å². The molecule has 2 nitrogen and oxygen atoms in total. The Morgan fingerprint density at radius 1 is 1.44 bits per heavy atom. The van der Waals surface area contributed by atoms with Gasteiger partial charge in [-0.15, -0.1) is 24.2 Å². The van der Waals surface area contributed by atoms with Crippen molar-refractivity contribution in [3.05, 3.63) is 22.8 Å². The highest BCUT2D eigenvalue weighted by molar-refractivity contribution is 7.99. The predicted octanol–water partition coefficient (Wildman–Crippen LogP) is 3.23. The quantitative estimate of drug-likeness (QED) is 0.870. The van der Waals surface area contributed by atoms with Gasteiger partial charge in [-0.3, -0.25) is 0 Å². The average Bonchev–Trinajstić information content (AvgIpc) is 2.14. The number of nitrogens with zero attached hydrogens (tertiary/aromatic N) is 1. The second-order valence-corrected chi connectivity index (χ2v) is 4.14. The summed E-state index contributed by atoms with van der Waals surface area (Å²) in [4.78, 5) is 3.64. The predicted molar refractivity (Wildman–Crippen MR) is 61.3 cm³/mol. The van der Waals surface area contributed by atoms with E-state index in [1.165, 1.54) is 11.8 Å². The lowest BCUT2D eigenvalue weighted by molar-refractivity contribution is -0.137. The zero-order chi connectivity index (χ0) is 11.5. The fourth-order valence-electron chi connectivity index (χ4n) is 0.842. The first kappa shape index (κ1) is 15.8. The summed E-state index contributed by atoms with van der Waals surface area (Å²) in [6.45, 7) is 0.420. The third-order valence-electron chi connectivity index (χ3n) is 1.49. The summed E-state index contributed by atoms with van der Waals surface area (Å²) < 4.78 is 36.7. The largest absolute Gasteiger partial charge is 0.417 e. The monoisotopic (exact) mass is 292 g/mol. The highest BCUT2D eigenvalue weighted by Gasteiger charge is 2.31. The van der Waals surface area contributed by atoms with Gasteiger partial charge in [-0.05, 0) is 6.07 Å². The highest BCUT2D eigenvalue weighted by atomic mass is 35.5. The molecule has 16 heavy (non-hydrogen) atoms. The van der Waals surface area contributed by atoms with Crippen molar-refractivity contribution >= 4 is 35.8 Å². The van der Waals surface area contributed by atoms with Crippen LogP contribution in [0.1, 0.15) is 5.56 Å². The number of rotatable bonds is 3. The Morgan fingerprint density at radius 3 is 2.50 bits per heavy atom. The van der Waals surface area contributed by atoms with Gasteiger partial charge in [0, 0.05) is 18.5 Å². The number of nitrogens with two attached hydrogens (primary N) is 1. The summed E-state index contributed by atoms with van der Waals surface area (Å²) in [7, 11) is 0. The molecule has 1 aromatic heterocycles. The van der Waals surface area contributed by atoms with Crippen LogP contribution < -0.4 is 5.73 Å². The van der Waals surface area contributed by atoms with Gasteiger partial charge < -0.3 is 5.73 Å². The van der Waals surface area contributed by atoms with Gasteiger partial charge in [-0.2, -0.15) is 13.2 Å². The summed E-state index contributed by atoms with van der Waals surface area (Å²) in [5.74, 6) is 0.568. The summed E-state index contributed by atoms with van der Waals surface area (Å²) in [6, 6.07) is 0.868. The van der Waals surface area contributed by atoms with E-state index >= 15 is 0 Å². The minimum atomic E-state index is -4.41. The van der Waals surface area contributed by atoms with E-state index in [0.717, 1.165) is 12.3 Å². The van der Waals surface area contributed by atoms with Crippen molar-refractivity contribution in [1.29, 1.82) is 0 Å². The number of thioether (sulfide) groups is 1. The molecule has 0 unspecified atom stereocenters. The molecule has 0 aliphatic rings. The molecule has 1 heterocycles. The lowest BCUT2D eigenvalue weighted by Gasteiger charge is -2.08. The smallest absolute Gasteiger partial charge is 0.330 e. The molecule has 0 aromatic carbocycles. The Kier molecular flexibility index (Phi) is 6.47. The van der Waals surface area contributed by atoms with Gasteiger partial charge in [0.25, 0.3) is 0 Å². The first-order valence-corrected chi connectivity index (χ1v) is 5.37.